The van der Waals surface area contributed by atoms with Crippen molar-refractivity contribution in [3.05, 3.63) is 0 Å². The molecule has 17 heavy (non-hydrogen) atoms. The van der Waals surface area contributed by atoms with Gasteiger partial charge < -0.3 is 15.3 Å². The van der Waals surface area contributed by atoms with Crippen LogP contribution in [-0.4, -0.2) is 47.7 Å². The van der Waals surface area contributed by atoms with Gasteiger partial charge in [0, 0.05) is 19.0 Å². The van der Waals surface area contributed by atoms with E-state index >= 15 is 0 Å². The Kier molecular flexibility index (Phi) is 4.40. The highest BCUT2D eigenvalue weighted by Gasteiger charge is 2.32. The fraction of sp³-hybridized carbons (Fsp3) is 0.923. The molecule has 4 heteroatoms. The van der Waals surface area contributed by atoms with Gasteiger partial charge in [-0.05, 0) is 32.2 Å². The molecule has 0 spiro atoms. The van der Waals surface area contributed by atoms with Gasteiger partial charge in [-0.1, -0.05) is 13.3 Å². The van der Waals surface area contributed by atoms with Gasteiger partial charge in [0.25, 0.3) is 0 Å². The Morgan fingerprint density at radius 1 is 1.41 bits per heavy atom. The number of likely N-dealkylation sites (tertiary alicyclic amines) is 1. The Balaban J connectivity index is 1.90. The molecule has 2 heterocycles. The highest BCUT2D eigenvalue weighted by atomic mass is 16.3. The molecular formula is C13H24N2O2. The number of amides is 1. The van der Waals surface area contributed by atoms with Crippen molar-refractivity contribution in [2.24, 2.45) is 5.92 Å². The van der Waals surface area contributed by atoms with Crippen molar-refractivity contribution < 1.29 is 9.90 Å². The van der Waals surface area contributed by atoms with E-state index in [1.54, 1.807) is 0 Å². The number of rotatable bonds is 2. The van der Waals surface area contributed by atoms with Crippen molar-refractivity contribution in [1.29, 1.82) is 0 Å². The van der Waals surface area contributed by atoms with E-state index in [-0.39, 0.29) is 24.0 Å². The van der Waals surface area contributed by atoms with Gasteiger partial charge in [-0.15, -0.1) is 0 Å². The quantitative estimate of drug-likeness (QED) is 0.749. The maximum atomic E-state index is 12.3. The molecule has 0 aromatic heterocycles. The molecule has 0 bridgehead atoms. The van der Waals surface area contributed by atoms with Gasteiger partial charge in [-0.2, -0.15) is 0 Å². The summed E-state index contributed by atoms with van der Waals surface area (Å²) in [5, 5.41) is 13.1. The summed E-state index contributed by atoms with van der Waals surface area (Å²) in [5.41, 5.74) is 0. The molecule has 4 nitrogen and oxygen atoms in total. The molecule has 2 saturated heterocycles. The normalized spacial score (nSPS) is 34.7. The number of carbonyl (C=O) groups is 1. The van der Waals surface area contributed by atoms with E-state index < -0.39 is 0 Å². The van der Waals surface area contributed by atoms with Crippen LogP contribution in [0.15, 0.2) is 0 Å². The third-order valence-electron chi connectivity index (χ3n) is 4.14. The van der Waals surface area contributed by atoms with Gasteiger partial charge in [-0.25, -0.2) is 0 Å². The molecule has 0 aliphatic carbocycles. The minimum atomic E-state index is -0.219. The Hall–Kier alpha value is -0.610. The van der Waals surface area contributed by atoms with Crippen LogP contribution in [0.5, 0.6) is 0 Å². The van der Waals surface area contributed by atoms with E-state index in [1.165, 1.54) is 6.42 Å². The van der Waals surface area contributed by atoms with Gasteiger partial charge in [0.15, 0.2) is 0 Å². The number of hydrogen-bond donors (Lipinski definition) is 2. The summed E-state index contributed by atoms with van der Waals surface area (Å²) in [6.07, 6.45) is 4.76. The van der Waals surface area contributed by atoms with E-state index in [0.29, 0.717) is 6.54 Å². The number of piperidine rings is 2. The first-order chi connectivity index (χ1) is 8.22. The maximum Gasteiger partial charge on any atom is 0.239 e. The number of aliphatic hydroxyl groups is 1. The molecule has 98 valence electrons. The molecule has 2 N–H and O–H groups in total. The Morgan fingerprint density at radius 2 is 2.24 bits per heavy atom. The van der Waals surface area contributed by atoms with Crippen molar-refractivity contribution in [2.45, 2.75) is 51.2 Å². The van der Waals surface area contributed by atoms with E-state index in [9.17, 15) is 9.90 Å². The topological polar surface area (TPSA) is 52.6 Å². The summed E-state index contributed by atoms with van der Waals surface area (Å²) in [6, 6.07) is 0.0245. The lowest BCUT2D eigenvalue weighted by molar-refractivity contribution is -0.137. The summed E-state index contributed by atoms with van der Waals surface area (Å²) in [6.45, 7) is 4.49. The first-order valence-corrected chi connectivity index (χ1v) is 6.92. The van der Waals surface area contributed by atoms with Gasteiger partial charge in [0.05, 0.1) is 12.1 Å². The lowest BCUT2D eigenvalue weighted by Gasteiger charge is -2.38. The maximum absolute atomic E-state index is 12.3. The van der Waals surface area contributed by atoms with Gasteiger partial charge in [0.2, 0.25) is 5.91 Å². The fourth-order valence-corrected chi connectivity index (χ4v) is 2.90. The van der Waals surface area contributed by atoms with Crippen LogP contribution in [-0.2, 0) is 4.79 Å². The summed E-state index contributed by atoms with van der Waals surface area (Å²) < 4.78 is 0. The molecule has 0 aromatic rings. The molecule has 2 rings (SSSR count). The smallest absolute Gasteiger partial charge is 0.239 e. The molecular weight excluding hydrogens is 216 g/mol. The molecule has 2 aliphatic rings. The molecule has 3 atom stereocenters. The van der Waals surface area contributed by atoms with Crippen molar-refractivity contribution in [3.8, 4) is 0 Å². The summed E-state index contributed by atoms with van der Waals surface area (Å²) in [5.74, 6) is 0.506. The predicted octanol–water partition coefficient (Wildman–Crippen LogP) is 0.748. The van der Waals surface area contributed by atoms with Crippen molar-refractivity contribution in [3.63, 3.8) is 0 Å². The zero-order chi connectivity index (χ0) is 12.3. The van der Waals surface area contributed by atoms with Crippen LogP contribution < -0.4 is 5.32 Å². The van der Waals surface area contributed by atoms with Gasteiger partial charge >= 0.3 is 0 Å². The lowest BCUT2D eigenvalue weighted by atomic mass is 9.91. The number of nitrogens with zero attached hydrogens (tertiary/aromatic N) is 1. The molecule has 0 radical (unpaired) electrons. The van der Waals surface area contributed by atoms with Crippen LogP contribution in [0.3, 0.4) is 0 Å². The standard InChI is InChI=1S/C13H24N2O2/c1-2-10-9-15(8-6-12(10)16)13(17)11-5-3-4-7-14-11/h10-12,14,16H,2-9H2,1H3/t10-,11+,12+/m1/s1. The first-order valence-electron chi connectivity index (χ1n) is 6.92. The molecule has 0 aromatic carbocycles. The Morgan fingerprint density at radius 3 is 2.88 bits per heavy atom. The highest BCUT2D eigenvalue weighted by molar-refractivity contribution is 5.82. The second-order valence-corrected chi connectivity index (χ2v) is 5.31. The zero-order valence-corrected chi connectivity index (χ0v) is 10.7. The minimum Gasteiger partial charge on any atom is -0.393 e. The molecule has 2 aliphatic heterocycles. The van der Waals surface area contributed by atoms with Crippen LogP contribution in [0.2, 0.25) is 0 Å². The van der Waals surface area contributed by atoms with Crippen LogP contribution in [0, 0.1) is 5.92 Å². The Labute approximate surface area is 103 Å². The number of aliphatic hydroxyl groups excluding tert-OH is 1. The van der Waals surface area contributed by atoms with Gasteiger partial charge in [0.1, 0.15) is 0 Å². The van der Waals surface area contributed by atoms with Crippen molar-refractivity contribution in [1.82, 2.24) is 10.2 Å². The average molecular weight is 240 g/mol. The molecule has 0 saturated carbocycles. The first kappa shape index (κ1) is 12.8. The second kappa shape index (κ2) is 5.83. The average Bonchev–Trinajstić information content (AvgIpc) is 2.39. The van der Waals surface area contributed by atoms with Crippen LogP contribution in [0.4, 0.5) is 0 Å². The van der Waals surface area contributed by atoms with Crippen molar-refractivity contribution >= 4 is 5.91 Å². The fourth-order valence-electron chi connectivity index (χ4n) is 2.90. The van der Waals surface area contributed by atoms with E-state index in [1.807, 2.05) is 4.90 Å². The number of hydrogen-bond acceptors (Lipinski definition) is 3. The van der Waals surface area contributed by atoms with Crippen LogP contribution in [0.25, 0.3) is 0 Å². The second-order valence-electron chi connectivity index (χ2n) is 5.31. The molecule has 0 unspecified atom stereocenters. The van der Waals surface area contributed by atoms with Gasteiger partial charge in [-0.3, -0.25) is 4.79 Å². The van der Waals surface area contributed by atoms with Crippen LogP contribution in [0.1, 0.15) is 39.0 Å². The van der Waals surface area contributed by atoms with E-state index in [0.717, 1.165) is 38.8 Å². The SMILES string of the molecule is CC[C@@H]1CN(C(=O)[C@@H]2CCCCN2)CC[C@@H]1O. The minimum absolute atomic E-state index is 0.0245. The number of carbonyl (C=O) groups excluding carboxylic acids is 1. The summed E-state index contributed by atoms with van der Waals surface area (Å²) in [7, 11) is 0. The van der Waals surface area contributed by atoms with E-state index in [4.69, 9.17) is 0 Å². The van der Waals surface area contributed by atoms with E-state index in [2.05, 4.69) is 12.2 Å². The predicted molar refractivity (Wildman–Crippen MR) is 66.6 cm³/mol. The van der Waals surface area contributed by atoms with Crippen molar-refractivity contribution in [2.75, 3.05) is 19.6 Å². The summed E-state index contributed by atoms with van der Waals surface area (Å²) >= 11 is 0. The Bertz CT molecular complexity index is 264. The lowest BCUT2D eigenvalue weighted by Crippen LogP contribution is -2.53. The highest BCUT2D eigenvalue weighted by Crippen LogP contribution is 2.21. The summed E-state index contributed by atoms with van der Waals surface area (Å²) in [4.78, 5) is 14.3. The molecule has 2 fully saturated rings. The third kappa shape index (κ3) is 2.99. The largest absolute Gasteiger partial charge is 0.393 e. The molecule has 1 amide bonds. The monoisotopic (exact) mass is 240 g/mol. The third-order valence-corrected chi connectivity index (χ3v) is 4.14. The van der Waals surface area contributed by atoms with Crippen LogP contribution >= 0.6 is 0 Å². The zero-order valence-electron chi connectivity index (χ0n) is 10.7. The number of nitrogens with one attached hydrogen (secondary N) is 1.